The lowest BCUT2D eigenvalue weighted by Gasteiger charge is -2.22. The second kappa shape index (κ2) is 5.81. The predicted octanol–water partition coefficient (Wildman–Crippen LogP) is 2.08. The number of hydrogen-bond acceptors (Lipinski definition) is 3. The van der Waals surface area contributed by atoms with Gasteiger partial charge < -0.3 is 10.1 Å². The topological polar surface area (TPSA) is 55.6 Å². The first kappa shape index (κ1) is 14.0. The van der Waals surface area contributed by atoms with Crippen LogP contribution in [0.3, 0.4) is 0 Å². The van der Waals surface area contributed by atoms with Gasteiger partial charge in [0.2, 0.25) is 5.95 Å². The molecule has 2 aromatic rings. The van der Waals surface area contributed by atoms with Crippen molar-refractivity contribution in [2.45, 2.75) is 32.3 Å². The summed E-state index contributed by atoms with van der Waals surface area (Å²) in [7, 11) is 0. The molecule has 0 bridgehead atoms. The van der Waals surface area contributed by atoms with E-state index >= 15 is 0 Å². The fraction of sp³-hybridized carbons (Fsp3) is 0.467. The van der Waals surface area contributed by atoms with Crippen molar-refractivity contribution in [1.82, 2.24) is 14.7 Å². The van der Waals surface area contributed by atoms with Gasteiger partial charge in [0.25, 0.3) is 5.91 Å². The molecule has 6 heteroatoms. The average molecular weight is 291 g/mol. The first-order valence-corrected chi connectivity index (χ1v) is 7.20. The number of nitrogens with one attached hydrogen (secondary N) is 1. The minimum Gasteiger partial charge on any atom is -0.376 e. The van der Waals surface area contributed by atoms with Crippen LogP contribution in [0.15, 0.2) is 18.2 Å². The standard InChI is InChI=1S/C15H18FN3O2/c1-10-5-4-7-12-18-13(14(16)19(10)12)15(20)17-9-11-6-2-3-8-21-11/h4-5,7,11H,2-3,6,8-9H2,1H3,(H,17,20)/t11-/m0/s1. The van der Waals surface area contributed by atoms with Gasteiger partial charge in [-0.3, -0.25) is 9.20 Å². The van der Waals surface area contributed by atoms with Gasteiger partial charge in [0.05, 0.1) is 6.10 Å². The van der Waals surface area contributed by atoms with Crippen LogP contribution in [-0.4, -0.2) is 34.5 Å². The largest absolute Gasteiger partial charge is 0.376 e. The van der Waals surface area contributed by atoms with Crippen molar-refractivity contribution in [3.05, 3.63) is 35.5 Å². The zero-order valence-electron chi connectivity index (χ0n) is 11.9. The number of amides is 1. The molecular formula is C15H18FN3O2. The third-order valence-corrected chi connectivity index (χ3v) is 3.76. The number of nitrogens with zero attached hydrogens (tertiary/aromatic N) is 2. The quantitative estimate of drug-likeness (QED) is 0.942. The summed E-state index contributed by atoms with van der Waals surface area (Å²) in [6.07, 6.45) is 3.10. The molecular weight excluding hydrogens is 273 g/mol. The smallest absolute Gasteiger partial charge is 0.274 e. The van der Waals surface area contributed by atoms with Crippen LogP contribution in [-0.2, 0) is 4.74 Å². The number of ether oxygens (including phenoxy) is 1. The average Bonchev–Trinajstić information content (AvgIpc) is 2.84. The highest BCUT2D eigenvalue weighted by Crippen LogP contribution is 2.15. The lowest BCUT2D eigenvalue weighted by molar-refractivity contribution is 0.0168. The number of carbonyl (C=O) groups is 1. The number of aromatic nitrogens is 2. The summed E-state index contributed by atoms with van der Waals surface area (Å²) in [6.45, 7) is 2.89. The van der Waals surface area contributed by atoms with E-state index in [1.54, 1.807) is 25.1 Å². The Hall–Kier alpha value is -1.95. The first-order valence-electron chi connectivity index (χ1n) is 7.20. The van der Waals surface area contributed by atoms with E-state index in [9.17, 15) is 9.18 Å². The second-order valence-corrected chi connectivity index (χ2v) is 5.31. The summed E-state index contributed by atoms with van der Waals surface area (Å²) >= 11 is 0. The number of aryl methyl sites for hydroxylation is 1. The van der Waals surface area contributed by atoms with E-state index in [0.29, 0.717) is 17.9 Å². The van der Waals surface area contributed by atoms with E-state index in [2.05, 4.69) is 10.3 Å². The fourth-order valence-corrected chi connectivity index (χ4v) is 2.62. The minimum absolute atomic E-state index is 0.0181. The van der Waals surface area contributed by atoms with Gasteiger partial charge in [-0.25, -0.2) is 4.98 Å². The number of imidazole rings is 1. The maximum Gasteiger partial charge on any atom is 0.274 e. The molecule has 2 aromatic heterocycles. The summed E-state index contributed by atoms with van der Waals surface area (Å²) in [5, 5.41) is 2.71. The van der Waals surface area contributed by atoms with Gasteiger partial charge in [-0.15, -0.1) is 0 Å². The van der Waals surface area contributed by atoms with Gasteiger partial charge in [-0.1, -0.05) is 6.07 Å². The van der Waals surface area contributed by atoms with Crippen LogP contribution in [0.4, 0.5) is 4.39 Å². The van der Waals surface area contributed by atoms with Crippen molar-refractivity contribution < 1.29 is 13.9 Å². The van der Waals surface area contributed by atoms with Crippen molar-refractivity contribution in [1.29, 1.82) is 0 Å². The Morgan fingerprint density at radius 2 is 2.38 bits per heavy atom. The van der Waals surface area contributed by atoms with Crippen molar-refractivity contribution in [3.8, 4) is 0 Å². The van der Waals surface area contributed by atoms with Crippen LogP contribution < -0.4 is 5.32 Å². The van der Waals surface area contributed by atoms with Crippen molar-refractivity contribution in [2.75, 3.05) is 13.2 Å². The normalized spacial score (nSPS) is 18.9. The molecule has 0 aromatic carbocycles. The molecule has 112 valence electrons. The molecule has 1 aliphatic rings. The van der Waals surface area contributed by atoms with Crippen molar-refractivity contribution in [3.63, 3.8) is 0 Å². The number of fused-ring (bicyclic) bond motifs is 1. The molecule has 1 aliphatic heterocycles. The zero-order chi connectivity index (χ0) is 14.8. The van der Waals surface area contributed by atoms with Gasteiger partial charge in [0.1, 0.15) is 5.65 Å². The molecule has 5 nitrogen and oxygen atoms in total. The van der Waals surface area contributed by atoms with Gasteiger partial charge >= 0.3 is 0 Å². The third kappa shape index (κ3) is 2.76. The summed E-state index contributed by atoms with van der Waals surface area (Å²) in [6, 6.07) is 5.24. The molecule has 1 N–H and O–H groups in total. The molecule has 3 rings (SSSR count). The highest BCUT2D eigenvalue weighted by Gasteiger charge is 2.21. The van der Waals surface area contributed by atoms with E-state index in [1.807, 2.05) is 0 Å². The molecule has 0 unspecified atom stereocenters. The number of rotatable bonds is 3. The minimum atomic E-state index is -0.620. The van der Waals surface area contributed by atoms with Gasteiger partial charge in [0.15, 0.2) is 5.69 Å². The number of hydrogen-bond donors (Lipinski definition) is 1. The Balaban J connectivity index is 1.75. The molecule has 1 amide bonds. The molecule has 1 fully saturated rings. The monoisotopic (exact) mass is 291 g/mol. The van der Waals surface area contributed by atoms with E-state index < -0.39 is 11.9 Å². The van der Waals surface area contributed by atoms with Crippen LogP contribution in [0.1, 0.15) is 35.4 Å². The highest BCUT2D eigenvalue weighted by atomic mass is 19.1. The van der Waals surface area contributed by atoms with E-state index in [0.717, 1.165) is 25.9 Å². The molecule has 1 saturated heterocycles. The molecule has 0 saturated carbocycles. The van der Waals surface area contributed by atoms with E-state index in [-0.39, 0.29) is 11.8 Å². The summed E-state index contributed by atoms with van der Waals surface area (Å²) < 4.78 is 21.2. The lowest BCUT2D eigenvalue weighted by Crippen LogP contribution is -2.35. The van der Waals surface area contributed by atoms with Crippen molar-refractivity contribution in [2.24, 2.45) is 0 Å². The Morgan fingerprint density at radius 1 is 1.52 bits per heavy atom. The predicted molar refractivity (Wildman–Crippen MR) is 75.8 cm³/mol. The van der Waals surface area contributed by atoms with Crippen LogP contribution in [0.2, 0.25) is 0 Å². The molecule has 1 atom stereocenters. The van der Waals surface area contributed by atoms with Crippen LogP contribution in [0, 0.1) is 12.9 Å². The van der Waals surface area contributed by atoms with Crippen LogP contribution in [0.5, 0.6) is 0 Å². The third-order valence-electron chi connectivity index (χ3n) is 3.76. The lowest BCUT2D eigenvalue weighted by atomic mass is 10.1. The van der Waals surface area contributed by atoms with Gasteiger partial charge in [-0.05, 0) is 38.3 Å². The Labute approximate surface area is 122 Å². The molecule has 0 radical (unpaired) electrons. The zero-order valence-corrected chi connectivity index (χ0v) is 11.9. The van der Waals surface area contributed by atoms with E-state index in [4.69, 9.17) is 4.74 Å². The molecule has 0 spiro atoms. The summed E-state index contributed by atoms with van der Waals surface area (Å²) in [5.41, 5.74) is 0.971. The first-order chi connectivity index (χ1) is 10.2. The van der Waals surface area contributed by atoms with Gasteiger partial charge in [0, 0.05) is 18.8 Å². The highest BCUT2D eigenvalue weighted by molar-refractivity contribution is 5.93. The molecule has 0 aliphatic carbocycles. The second-order valence-electron chi connectivity index (χ2n) is 5.31. The summed E-state index contributed by atoms with van der Waals surface area (Å²) in [4.78, 5) is 16.2. The van der Waals surface area contributed by atoms with Crippen molar-refractivity contribution >= 4 is 11.6 Å². The maximum atomic E-state index is 14.3. The SMILES string of the molecule is Cc1cccc2nc(C(=O)NC[C@@H]3CCCCO3)c(F)n12. The fourth-order valence-electron chi connectivity index (χ4n) is 2.62. The number of carbonyl (C=O) groups excluding carboxylic acids is 1. The Morgan fingerprint density at radius 3 is 3.10 bits per heavy atom. The maximum absolute atomic E-state index is 14.3. The van der Waals surface area contributed by atoms with Gasteiger partial charge in [-0.2, -0.15) is 4.39 Å². The molecule has 3 heterocycles. The van der Waals surface area contributed by atoms with Crippen LogP contribution in [0.25, 0.3) is 5.65 Å². The van der Waals surface area contributed by atoms with Crippen LogP contribution >= 0.6 is 0 Å². The van der Waals surface area contributed by atoms with E-state index in [1.165, 1.54) is 4.40 Å². The Kier molecular flexibility index (Phi) is 3.88. The number of pyridine rings is 1. The summed E-state index contributed by atoms with van der Waals surface area (Å²) in [5.74, 6) is -1.12. The molecule has 21 heavy (non-hydrogen) atoms. The Bertz CT molecular complexity index is 662. The number of halogens is 1.